The summed E-state index contributed by atoms with van der Waals surface area (Å²) in [6.45, 7) is 0.665. The van der Waals surface area contributed by atoms with E-state index >= 15 is 0 Å². The summed E-state index contributed by atoms with van der Waals surface area (Å²) in [6, 6.07) is 16.6. The number of aromatic nitrogens is 1. The van der Waals surface area contributed by atoms with Crippen LogP contribution < -0.4 is 15.8 Å². The topological polar surface area (TPSA) is 115 Å². The van der Waals surface area contributed by atoms with Crippen LogP contribution >= 0.6 is 12.4 Å². The minimum atomic E-state index is -0.987. The van der Waals surface area contributed by atoms with Crippen molar-refractivity contribution < 1.29 is 19.4 Å². The summed E-state index contributed by atoms with van der Waals surface area (Å²) in [6.07, 6.45) is 1.61. The Morgan fingerprint density at radius 1 is 1.00 bits per heavy atom. The third-order valence-electron chi connectivity index (χ3n) is 4.01. The molecular weight excluding hydrogens is 394 g/mol. The standard InChI is InChI=1S/C21H19N3O4.ClH/c22-12-15-8-9-23-19(10-15)28-18-3-1-2-17(11-18)20(25)24-13-14-4-6-16(7-5-14)21(26)27;/h1-11H,12-13,22H2,(H,24,25)(H,26,27);1H. The van der Waals surface area contributed by atoms with Crippen molar-refractivity contribution in [1.29, 1.82) is 0 Å². The van der Waals surface area contributed by atoms with Gasteiger partial charge in [0.15, 0.2) is 0 Å². The number of halogens is 1. The van der Waals surface area contributed by atoms with Crippen LogP contribution in [0.25, 0.3) is 0 Å². The Morgan fingerprint density at radius 2 is 1.76 bits per heavy atom. The van der Waals surface area contributed by atoms with Gasteiger partial charge in [-0.3, -0.25) is 4.79 Å². The molecular formula is C21H20ClN3O4. The van der Waals surface area contributed by atoms with Gasteiger partial charge in [-0.15, -0.1) is 12.4 Å². The summed E-state index contributed by atoms with van der Waals surface area (Å²) in [5.41, 5.74) is 7.95. The maximum atomic E-state index is 12.4. The summed E-state index contributed by atoms with van der Waals surface area (Å²) in [4.78, 5) is 27.4. The van der Waals surface area contributed by atoms with Gasteiger partial charge in [-0.05, 0) is 47.5 Å². The molecule has 0 aliphatic carbocycles. The first-order chi connectivity index (χ1) is 13.5. The Bertz CT molecular complexity index is 993. The van der Waals surface area contributed by atoms with E-state index in [2.05, 4.69) is 10.3 Å². The molecule has 8 heteroatoms. The molecule has 1 heterocycles. The monoisotopic (exact) mass is 413 g/mol. The number of pyridine rings is 1. The average Bonchev–Trinajstić information content (AvgIpc) is 2.72. The van der Waals surface area contributed by atoms with Crippen LogP contribution in [0.5, 0.6) is 11.6 Å². The van der Waals surface area contributed by atoms with Gasteiger partial charge in [0.2, 0.25) is 5.88 Å². The van der Waals surface area contributed by atoms with Crippen molar-refractivity contribution in [2.24, 2.45) is 5.73 Å². The van der Waals surface area contributed by atoms with Crippen LogP contribution in [0.1, 0.15) is 31.8 Å². The molecule has 0 atom stereocenters. The van der Waals surface area contributed by atoms with Gasteiger partial charge in [-0.25, -0.2) is 9.78 Å². The van der Waals surface area contributed by atoms with Crippen molar-refractivity contribution in [2.45, 2.75) is 13.1 Å². The fraction of sp³-hybridized carbons (Fsp3) is 0.0952. The van der Waals surface area contributed by atoms with E-state index in [0.717, 1.165) is 11.1 Å². The second kappa shape index (κ2) is 10.2. The highest BCUT2D eigenvalue weighted by atomic mass is 35.5. The number of carbonyl (C=O) groups excluding carboxylic acids is 1. The fourth-order valence-corrected chi connectivity index (χ4v) is 2.50. The molecule has 0 saturated heterocycles. The van der Waals surface area contributed by atoms with Crippen LogP contribution in [0, 0.1) is 0 Å². The Balaban J connectivity index is 0.00000300. The molecule has 0 spiro atoms. The second-order valence-electron chi connectivity index (χ2n) is 6.02. The summed E-state index contributed by atoms with van der Waals surface area (Å²) < 4.78 is 5.71. The number of hydrogen-bond donors (Lipinski definition) is 3. The number of carboxylic acid groups (broad SMARTS) is 1. The predicted octanol–water partition coefficient (Wildman–Crippen LogP) is 3.38. The van der Waals surface area contributed by atoms with Crippen LogP contribution in [0.4, 0.5) is 0 Å². The maximum Gasteiger partial charge on any atom is 0.335 e. The van der Waals surface area contributed by atoms with Gasteiger partial charge < -0.3 is 20.9 Å². The number of benzene rings is 2. The third kappa shape index (κ3) is 6.03. The summed E-state index contributed by atoms with van der Waals surface area (Å²) >= 11 is 0. The zero-order valence-corrected chi connectivity index (χ0v) is 16.2. The Kier molecular flexibility index (Phi) is 7.70. The van der Waals surface area contributed by atoms with Crippen LogP contribution in [0.3, 0.4) is 0 Å². The van der Waals surface area contributed by atoms with Crippen molar-refractivity contribution >= 4 is 24.3 Å². The van der Waals surface area contributed by atoms with E-state index in [1.165, 1.54) is 12.1 Å². The smallest absolute Gasteiger partial charge is 0.335 e. The number of rotatable bonds is 7. The fourth-order valence-electron chi connectivity index (χ4n) is 2.50. The number of carboxylic acids is 1. The summed E-state index contributed by atoms with van der Waals surface area (Å²) in [7, 11) is 0. The zero-order chi connectivity index (χ0) is 19.9. The lowest BCUT2D eigenvalue weighted by atomic mass is 10.1. The van der Waals surface area contributed by atoms with Gasteiger partial charge in [0, 0.05) is 30.9 Å². The van der Waals surface area contributed by atoms with Gasteiger partial charge in [0.1, 0.15) is 5.75 Å². The van der Waals surface area contributed by atoms with E-state index in [1.54, 1.807) is 54.7 Å². The lowest BCUT2D eigenvalue weighted by Crippen LogP contribution is -2.22. The first-order valence-electron chi connectivity index (χ1n) is 8.58. The molecule has 3 rings (SSSR count). The SMILES string of the molecule is Cl.NCc1ccnc(Oc2cccc(C(=O)NCc3ccc(C(=O)O)cc3)c2)c1. The van der Waals surface area contributed by atoms with Crippen LogP contribution in [0.15, 0.2) is 66.9 Å². The normalized spacial score (nSPS) is 9.97. The molecule has 0 bridgehead atoms. The summed E-state index contributed by atoms with van der Waals surface area (Å²) in [5, 5.41) is 11.7. The minimum Gasteiger partial charge on any atom is -0.478 e. The van der Waals surface area contributed by atoms with E-state index in [0.29, 0.717) is 23.7 Å². The molecule has 150 valence electrons. The van der Waals surface area contributed by atoms with E-state index in [-0.39, 0.29) is 30.4 Å². The number of hydrogen-bond acceptors (Lipinski definition) is 5. The van der Waals surface area contributed by atoms with Gasteiger partial charge in [-0.2, -0.15) is 0 Å². The largest absolute Gasteiger partial charge is 0.478 e. The van der Waals surface area contributed by atoms with Gasteiger partial charge in [-0.1, -0.05) is 18.2 Å². The molecule has 0 saturated carbocycles. The third-order valence-corrected chi connectivity index (χ3v) is 4.01. The molecule has 2 aromatic carbocycles. The predicted molar refractivity (Wildman–Crippen MR) is 110 cm³/mol. The summed E-state index contributed by atoms with van der Waals surface area (Å²) in [5.74, 6) is -0.366. The quantitative estimate of drug-likeness (QED) is 0.547. The van der Waals surface area contributed by atoms with Crippen LogP contribution in [0.2, 0.25) is 0 Å². The molecule has 1 amide bonds. The van der Waals surface area contributed by atoms with Crippen molar-refractivity contribution in [1.82, 2.24) is 10.3 Å². The van der Waals surface area contributed by atoms with Gasteiger partial charge >= 0.3 is 5.97 Å². The molecule has 0 unspecified atom stereocenters. The maximum absolute atomic E-state index is 12.4. The molecule has 29 heavy (non-hydrogen) atoms. The number of amides is 1. The number of carbonyl (C=O) groups is 2. The lowest BCUT2D eigenvalue weighted by Gasteiger charge is -2.09. The molecule has 4 N–H and O–H groups in total. The van der Waals surface area contributed by atoms with Crippen LogP contribution in [-0.4, -0.2) is 22.0 Å². The van der Waals surface area contributed by atoms with Gasteiger partial charge in [0.25, 0.3) is 5.91 Å². The highest BCUT2D eigenvalue weighted by Crippen LogP contribution is 2.21. The van der Waals surface area contributed by atoms with Crippen molar-refractivity contribution in [3.63, 3.8) is 0 Å². The first-order valence-corrected chi connectivity index (χ1v) is 8.58. The van der Waals surface area contributed by atoms with Crippen molar-refractivity contribution in [3.8, 4) is 11.6 Å². The molecule has 0 radical (unpaired) electrons. The molecule has 7 nitrogen and oxygen atoms in total. The number of nitrogens with one attached hydrogen (secondary N) is 1. The number of ether oxygens (including phenoxy) is 1. The molecule has 0 aliphatic heterocycles. The first kappa shape index (κ1) is 21.9. The van der Waals surface area contributed by atoms with E-state index in [1.807, 2.05) is 0 Å². The highest BCUT2D eigenvalue weighted by Gasteiger charge is 2.08. The highest BCUT2D eigenvalue weighted by molar-refractivity contribution is 5.94. The Hall–Kier alpha value is -3.42. The van der Waals surface area contributed by atoms with E-state index < -0.39 is 5.97 Å². The molecule has 1 aromatic heterocycles. The van der Waals surface area contributed by atoms with Crippen molar-refractivity contribution in [3.05, 3.63) is 89.1 Å². The van der Waals surface area contributed by atoms with Gasteiger partial charge in [0.05, 0.1) is 5.56 Å². The second-order valence-corrected chi connectivity index (χ2v) is 6.02. The number of nitrogens with two attached hydrogens (primary N) is 1. The van der Waals surface area contributed by atoms with E-state index in [4.69, 9.17) is 15.6 Å². The average molecular weight is 414 g/mol. The molecule has 0 aliphatic rings. The number of aromatic carboxylic acids is 1. The molecule has 0 fully saturated rings. The van der Waals surface area contributed by atoms with E-state index in [9.17, 15) is 9.59 Å². The minimum absolute atomic E-state index is 0. The Labute approximate surface area is 173 Å². The zero-order valence-electron chi connectivity index (χ0n) is 15.4. The molecule has 3 aromatic rings. The lowest BCUT2D eigenvalue weighted by molar-refractivity contribution is 0.0696. The number of nitrogens with zero attached hydrogens (tertiary/aromatic N) is 1. The van der Waals surface area contributed by atoms with Crippen molar-refractivity contribution in [2.75, 3.05) is 0 Å². The van der Waals surface area contributed by atoms with Crippen LogP contribution in [-0.2, 0) is 13.1 Å². The Morgan fingerprint density at radius 3 is 2.45 bits per heavy atom.